The second kappa shape index (κ2) is 10.1. The Hall–Kier alpha value is -4.82. The van der Waals surface area contributed by atoms with Crippen LogP contribution in [0.1, 0.15) is 31.7 Å². The number of piperidine rings is 1. The monoisotopic (exact) mass is 538 g/mol. The number of hydrogen-bond acceptors (Lipinski definition) is 8. The third kappa shape index (κ3) is 4.85. The van der Waals surface area contributed by atoms with Gasteiger partial charge >= 0.3 is 0 Å². The average molecular weight is 539 g/mol. The van der Waals surface area contributed by atoms with E-state index in [1.807, 2.05) is 24.3 Å². The highest BCUT2D eigenvalue weighted by molar-refractivity contribution is 5.99. The summed E-state index contributed by atoms with van der Waals surface area (Å²) in [6, 6.07) is 15.4. The predicted octanol–water partition coefficient (Wildman–Crippen LogP) is 4.11. The summed E-state index contributed by atoms with van der Waals surface area (Å²) < 4.78 is 22.9. The Kier molecular flexibility index (Phi) is 6.40. The third-order valence-corrected chi connectivity index (χ3v) is 7.33. The Morgan fingerprint density at radius 3 is 2.70 bits per heavy atom. The smallest absolute Gasteiger partial charge is 0.264 e. The number of carbonyl (C=O) groups is 1. The van der Waals surface area contributed by atoms with Gasteiger partial charge in [-0.05, 0) is 56.0 Å². The van der Waals surface area contributed by atoms with Crippen LogP contribution in [-0.2, 0) is 4.79 Å². The number of benzene rings is 2. The van der Waals surface area contributed by atoms with Crippen LogP contribution in [0.25, 0.3) is 22.3 Å². The number of likely N-dealkylation sites (tertiary alicyclic amines) is 1. The zero-order chi connectivity index (χ0) is 27.9. The summed E-state index contributed by atoms with van der Waals surface area (Å²) in [4.78, 5) is 23.4. The van der Waals surface area contributed by atoms with E-state index in [4.69, 9.17) is 21.3 Å². The molecule has 1 unspecified atom stereocenters. The molecule has 3 heterocycles. The summed E-state index contributed by atoms with van der Waals surface area (Å²) in [6.45, 7) is 0.814. The standard InChI is InChI=1S/C29H27FN8O2/c30-23-13-21(40-20-6-2-1-3-7-20)8-9-22(23)25-24-26(32)34-17-35-27(24)38(36-25)19-5-4-12-37(16-19)28(39)18(15-31)14-29(33)10-11-29/h1-3,6-9,13-14,17,19H,4-5,10-12,16,33H2,(H2,32,34,35). The number of nitrogens with zero attached hydrogens (tertiary/aromatic N) is 6. The summed E-state index contributed by atoms with van der Waals surface area (Å²) in [5.41, 5.74) is 12.8. The Labute approximate surface area is 229 Å². The molecule has 1 saturated carbocycles. The molecule has 2 aromatic carbocycles. The second-order valence-corrected chi connectivity index (χ2v) is 10.3. The lowest BCUT2D eigenvalue weighted by Gasteiger charge is -2.33. The van der Waals surface area contributed by atoms with Crippen LogP contribution in [0.2, 0.25) is 0 Å². The number of nitrogen functional groups attached to an aromatic ring is 1. The Bertz CT molecular complexity index is 1670. The van der Waals surface area contributed by atoms with Gasteiger partial charge in [0.25, 0.3) is 5.91 Å². The molecule has 2 aliphatic rings. The van der Waals surface area contributed by atoms with Gasteiger partial charge in [0.15, 0.2) is 5.65 Å². The van der Waals surface area contributed by atoms with E-state index in [-0.39, 0.29) is 28.9 Å². The van der Waals surface area contributed by atoms with E-state index < -0.39 is 11.4 Å². The van der Waals surface area contributed by atoms with Gasteiger partial charge in [-0.1, -0.05) is 18.2 Å². The Balaban J connectivity index is 1.33. The number of hydrogen-bond donors (Lipinski definition) is 2. The van der Waals surface area contributed by atoms with Gasteiger partial charge < -0.3 is 21.1 Å². The van der Waals surface area contributed by atoms with Crippen LogP contribution in [0.3, 0.4) is 0 Å². The van der Waals surface area contributed by atoms with Crippen LogP contribution in [-0.4, -0.2) is 49.2 Å². The lowest BCUT2D eigenvalue weighted by molar-refractivity contribution is -0.128. The number of para-hydroxylation sites is 1. The van der Waals surface area contributed by atoms with Gasteiger partial charge in [0.1, 0.15) is 46.8 Å². The number of fused-ring (bicyclic) bond motifs is 1. The van der Waals surface area contributed by atoms with Gasteiger partial charge in [-0.25, -0.2) is 19.0 Å². The van der Waals surface area contributed by atoms with Gasteiger partial charge in [-0.15, -0.1) is 0 Å². The molecule has 1 aliphatic carbocycles. The minimum Gasteiger partial charge on any atom is -0.457 e. The molecule has 40 heavy (non-hydrogen) atoms. The van der Waals surface area contributed by atoms with E-state index in [0.717, 1.165) is 12.8 Å². The lowest BCUT2D eigenvalue weighted by atomic mass is 10.0. The van der Waals surface area contributed by atoms with Crippen LogP contribution in [0.4, 0.5) is 10.2 Å². The summed E-state index contributed by atoms with van der Waals surface area (Å²) in [5, 5.41) is 14.8. The van der Waals surface area contributed by atoms with Gasteiger partial charge in [-0.2, -0.15) is 10.4 Å². The van der Waals surface area contributed by atoms with E-state index in [1.165, 1.54) is 12.4 Å². The molecule has 2 fully saturated rings. The fourth-order valence-electron chi connectivity index (χ4n) is 5.04. The number of nitriles is 1. The minimum absolute atomic E-state index is 0.0538. The first-order valence-corrected chi connectivity index (χ1v) is 13.1. The van der Waals surface area contributed by atoms with Crippen molar-refractivity contribution < 1.29 is 13.9 Å². The molecule has 202 valence electrons. The fraction of sp³-hybridized carbons (Fsp3) is 0.276. The molecule has 4 aromatic rings. The van der Waals surface area contributed by atoms with E-state index in [0.29, 0.717) is 54.2 Å². The molecule has 1 saturated heterocycles. The van der Waals surface area contributed by atoms with E-state index in [2.05, 4.69) is 9.97 Å². The number of carbonyl (C=O) groups excluding carboxylic acids is 1. The summed E-state index contributed by atoms with van der Waals surface area (Å²) >= 11 is 0. The summed E-state index contributed by atoms with van der Waals surface area (Å²) in [5.74, 6) is 0.213. The number of nitrogens with two attached hydrogens (primary N) is 2. The topological polar surface area (TPSA) is 149 Å². The highest BCUT2D eigenvalue weighted by Gasteiger charge is 2.38. The first kappa shape index (κ1) is 25.5. The zero-order valence-electron chi connectivity index (χ0n) is 21.6. The molecule has 0 bridgehead atoms. The zero-order valence-corrected chi connectivity index (χ0v) is 21.6. The maximum Gasteiger partial charge on any atom is 0.264 e. The molecule has 4 N–H and O–H groups in total. The number of rotatable bonds is 6. The highest BCUT2D eigenvalue weighted by atomic mass is 19.1. The van der Waals surface area contributed by atoms with Crippen molar-refractivity contribution in [3.63, 3.8) is 0 Å². The van der Waals surface area contributed by atoms with Crippen molar-refractivity contribution >= 4 is 22.8 Å². The van der Waals surface area contributed by atoms with Crippen molar-refractivity contribution in [2.24, 2.45) is 5.73 Å². The third-order valence-electron chi connectivity index (χ3n) is 7.33. The van der Waals surface area contributed by atoms with Gasteiger partial charge in [0.2, 0.25) is 0 Å². The molecule has 6 rings (SSSR count). The minimum atomic E-state index is -0.566. The maximum atomic E-state index is 15.5. The van der Waals surface area contributed by atoms with Gasteiger partial charge in [0, 0.05) is 30.3 Å². The number of ether oxygens (including phenoxy) is 1. The predicted molar refractivity (Wildman–Crippen MR) is 146 cm³/mol. The quantitative estimate of drug-likeness (QED) is 0.275. The SMILES string of the molecule is N#CC(=CC1(N)CC1)C(=O)N1CCCC(n2nc(-c3ccc(Oc4ccccc4)cc3F)c3c(N)ncnc32)C1. The maximum absolute atomic E-state index is 15.5. The summed E-state index contributed by atoms with van der Waals surface area (Å²) in [7, 11) is 0. The number of anilines is 1. The molecule has 10 nitrogen and oxygen atoms in total. The molecule has 11 heteroatoms. The van der Waals surface area contributed by atoms with Crippen molar-refractivity contribution in [3.8, 4) is 28.8 Å². The van der Waals surface area contributed by atoms with E-state index in [9.17, 15) is 10.1 Å². The van der Waals surface area contributed by atoms with Crippen molar-refractivity contribution in [1.82, 2.24) is 24.6 Å². The van der Waals surface area contributed by atoms with Crippen LogP contribution < -0.4 is 16.2 Å². The molecule has 1 amide bonds. The van der Waals surface area contributed by atoms with E-state index >= 15 is 4.39 Å². The van der Waals surface area contributed by atoms with Crippen LogP contribution in [0.15, 0.2) is 66.5 Å². The first-order chi connectivity index (χ1) is 19.3. The second-order valence-electron chi connectivity index (χ2n) is 10.3. The molecule has 1 aliphatic heterocycles. The Morgan fingerprint density at radius 1 is 1.18 bits per heavy atom. The molecule has 0 spiro atoms. The van der Waals surface area contributed by atoms with Crippen LogP contribution in [0, 0.1) is 17.1 Å². The number of aromatic nitrogens is 4. The average Bonchev–Trinajstić information content (AvgIpc) is 3.57. The van der Waals surface area contributed by atoms with Crippen molar-refractivity contribution in [3.05, 3.63) is 72.3 Å². The van der Waals surface area contributed by atoms with Gasteiger partial charge in [0.05, 0.1) is 11.4 Å². The Morgan fingerprint density at radius 2 is 1.98 bits per heavy atom. The van der Waals surface area contributed by atoms with Crippen molar-refractivity contribution in [2.75, 3.05) is 18.8 Å². The normalized spacial score (nSPS) is 18.4. The summed E-state index contributed by atoms with van der Waals surface area (Å²) in [6.07, 6.45) is 5.84. The number of amides is 1. The molecular weight excluding hydrogens is 511 g/mol. The molecule has 1 atom stereocenters. The fourth-order valence-corrected chi connectivity index (χ4v) is 5.04. The van der Waals surface area contributed by atoms with Crippen molar-refractivity contribution in [2.45, 2.75) is 37.3 Å². The van der Waals surface area contributed by atoms with E-state index in [1.54, 1.807) is 39.9 Å². The largest absolute Gasteiger partial charge is 0.457 e. The van der Waals surface area contributed by atoms with Crippen LogP contribution >= 0.6 is 0 Å². The van der Waals surface area contributed by atoms with Crippen LogP contribution in [0.5, 0.6) is 11.5 Å². The lowest BCUT2D eigenvalue weighted by Crippen LogP contribution is -2.42. The molecule has 2 aromatic heterocycles. The number of halogens is 1. The molecular formula is C29H27FN8O2. The highest BCUT2D eigenvalue weighted by Crippen LogP contribution is 2.37. The van der Waals surface area contributed by atoms with Crippen molar-refractivity contribution in [1.29, 1.82) is 5.26 Å². The molecule has 0 radical (unpaired) electrons. The first-order valence-electron chi connectivity index (χ1n) is 13.1. The van der Waals surface area contributed by atoms with Gasteiger partial charge in [-0.3, -0.25) is 4.79 Å².